The van der Waals surface area contributed by atoms with E-state index in [-0.39, 0.29) is 36.4 Å². The summed E-state index contributed by atoms with van der Waals surface area (Å²) >= 11 is 1.37. The fourth-order valence-electron chi connectivity index (χ4n) is 2.65. The van der Waals surface area contributed by atoms with Gasteiger partial charge in [-0.25, -0.2) is 4.98 Å². The molecular formula is C15H21N3O3S. The van der Waals surface area contributed by atoms with Crippen LogP contribution in [0.3, 0.4) is 0 Å². The summed E-state index contributed by atoms with van der Waals surface area (Å²) in [5.74, 6) is 0.265. The second kappa shape index (κ2) is 6.34. The molecule has 1 aromatic heterocycles. The summed E-state index contributed by atoms with van der Waals surface area (Å²) in [5, 5.41) is 5.24. The molecule has 1 saturated heterocycles. The first-order valence-electron chi connectivity index (χ1n) is 7.69. The molecule has 3 rings (SSSR count). The average Bonchev–Trinajstić information content (AvgIpc) is 3.21. The maximum Gasteiger partial charge on any atom is 0.229 e. The number of carbonyl (C=O) groups excluding carboxylic acids is 2. The van der Waals surface area contributed by atoms with Crippen LogP contribution in [-0.2, 0) is 20.7 Å². The number of thiazole rings is 1. The van der Waals surface area contributed by atoms with Crippen LogP contribution in [0.5, 0.6) is 0 Å². The van der Waals surface area contributed by atoms with E-state index >= 15 is 0 Å². The van der Waals surface area contributed by atoms with Crippen molar-refractivity contribution in [3.63, 3.8) is 0 Å². The maximum absolute atomic E-state index is 12.4. The molecular weight excluding hydrogens is 302 g/mol. The van der Waals surface area contributed by atoms with Crippen molar-refractivity contribution in [2.75, 3.05) is 18.4 Å². The van der Waals surface area contributed by atoms with Crippen molar-refractivity contribution in [2.45, 2.75) is 45.3 Å². The number of nitrogens with zero attached hydrogens (tertiary/aromatic N) is 2. The minimum absolute atomic E-state index is 0.0445. The second-order valence-corrected chi connectivity index (χ2v) is 7.00. The number of hydrogen-bond acceptors (Lipinski definition) is 5. The van der Waals surface area contributed by atoms with E-state index in [4.69, 9.17) is 4.74 Å². The molecule has 1 saturated carbocycles. The zero-order valence-corrected chi connectivity index (χ0v) is 13.7. The Hall–Kier alpha value is -1.47. The van der Waals surface area contributed by atoms with E-state index in [2.05, 4.69) is 10.3 Å². The highest BCUT2D eigenvalue weighted by molar-refractivity contribution is 7.13. The summed E-state index contributed by atoms with van der Waals surface area (Å²) in [4.78, 5) is 30.2. The number of anilines is 1. The van der Waals surface area contributed by atoms with E-state index in [1.54, 1.807) is 0 Å². The fourth-order valence-corrected chi connectivity index (χ4v) is 3.36. The molecule has 7 heteroatoms. The summed E-state index contributed by atoms with van der Waals surface area (Å²) in [7, 11) is 0. The summed E-state index contributed by atoms with van der Waals surface area (Å²) < 4.78 is 5.64. The number of amides is 2. The largest absolute Gasteiger partial charge is 0.372 e. The van der Waals surface area contributed by atoms with Crippen molar-refractivity contribution in [3.05, 3.63) is 11.1 Å². The molecule has 2 aliphatic rings. The Morgan fingerprint density at radius 3 is 2.68 bits per heavy atom. The van der Waals surface area contributed by atoms with Gasteiger partial charge in [-0.05, 0) is 26.7 Å². The highest BCUT2D eigenvalue weighted by Gasteiger charge is 2.30. The Balaban J connectivity index is 1.55. The predicted molar refractivity (Wildman–Crippen MR) is 83.8 cm³/mol. The van der Waals surface area contributed by atoms with Gasteiger partial charge in [0.25, 0.3) is 0 Å². The molecule has 1 aliphatic heterocycles. The van der Waals surface area contributed by atoms with Gasteiger partial charge in [0.15, 0.2) is 5.13 Å². The van der Waals surface area contributed by atoms with E-state index in [1.807, 2.05) is 24.1 Å². The second-order valence-electron chi connectivity index (χ2n) is 6.14. The van der Waals surface area contributed by atoms with E-state index < -0.39 is 0 Å². The molecule has 120 valence electrons. The molecule has 1 aliphatic carbocycles. The van der Waals surface area contributed by atoms with Crippen molar-refractivity contribution >= 4 is 28.3 Å². The minimum Gasteiger partial charge on any atom is -0.372 e. The average molecular weight is 323 g/mol. The predicted octanol–water partition coefficient (Wildman–Crippen LogP) is 1.67. The Bertz CT molecular complexity index is 560. The van der Waals surface area contributed by atoms with Crippen LogP contribution in [0.4, 0.5) is 5.13 Å². The van der Waals surface area contributed by atoms with Crippen LogP contribution in [-0.4, -0.2) is 47.0 Å². The van der Waals surface area contributed by atoms with Crippen LogP contribution in [0.2, 0.25) is 0 Å². The number of hydrogen-bond donors (Lipinski definition) is 1. The first-order chi connectivity index (χ1) is 10.5. The van der Waals surface area contributed by atoms with Gasteiger partial charge in [-0.3, -0.25) is 9.59 Å². The topological polar surface area (TPSA) is 71.5 Å². The van der Waals surface area contributed by atoms with Crippen LogP contribution in [0.15, 0.2) is 5.38 Å². The first-order valence-corrected chi connectivity index (χ1v) is 8.57. The molecule has 2 heterocycles. The van der Waals surface area contributed by atoms with Gasteiger partial charge < -0.3 is 15.0 Å². The molecule has 0 unspecified atom stereocenters. The maximum atomic E-state index is 12.4. The van der Waals surface area contributed by atoms with Gasteiger partial charge in [0.2, 0.25) is 11.8 Å². The van der Waals surface area contributed by atoms with Crippen molar-refractivity contribution in [1.82, 2.24) is 9.88 Å². The molecule has 2 amide bonds. The molecule has 0 radical (unpaired) electrons. The number of nitrogens with one attached hydrogen (secondary N) is 1. The third-order valence-electron chi connectivity index (χ3n) is 3.83. The molecule has 1 N–H and O–H groups in total. The lowest BCUT2D eigenvalue weighted by Gasteiger charge is -2.35. The van der Waals surface area contributed by atoms with Crippen molar-refractivity contribution in [1.29, 1.82) is 0 Å². The lowest BCUT2D eigenvalue weighted by Crippen LogP contribution is -2.48. The van der Waals surface area contributed by atoms with Gasteiger partial charge in [0.05, 0.1) is 24.3 Å². The van der Waals surface area contributed by atoms with Crippen LogP contribution in [0.25, 0.3) is 0 Å². The Morgan fingerprint density at radius 1 is 1.36 bits per heavy atom. The summed E-state index contributed by atoms with van der Waals surface area (Å²) in [5.41, 5.74) is 0.716. The lowest BCUT2D eigenvalue weighted by atomic mass is 10.2. The Labute approximate surface area is 133 Å². The van der Waals surface area contributed by atoms with E-state index in [9.17, 15) is 9.59 Å². The van der Waals surface area contributed by atoms with Crippen molar-refractivity contribution in [3.8, 4) is 0 Å². The molecule has 2 atom stereocenters. The highest BCUT2D eigenvalue weighted by Crippen LogP contribution is 2.30. The van der Waals surface area contributed by atoms with Crippen LogP contribution in [0.1, 0.15) is 32.4 Å². The third kappa shape index (κ3) is 3.84. The van der Waals surface area contributed by atoms with Crippen LogP contribution in [0, 0.1) is 5.92 Å². The van der Waals surface area contributed by atoms with Gasteiger partial charge in [0, 0.05) is 24.4 Å². The number of rotatable bonds is 4. The van der Waals surface area contributed by atoms with Crippen molar-refractivity contribution in [2.24, 2.45) is 5.92 Å². The Kier molecular flexibility index (Phi) is 4.44. The Morgan fingerprint density at radius 2 is 2.05 bits per heavy atom. The molecule has 0 bridgehead atoms. The number of aromatic nitrogens is 1. The molecule has 0 spiro atoms. The third-order valence-corrected chi connectivity index (χ3v) is 4.64. The van der Waals surface area contributed by atoms with Crippen LogP contribution >= 0.6 is 11.3 Å². The number of morpholine rings is 1. The van der Waals surface area contributed by atoms with E-state index in [0.29, 0.717) is 23.9 Å². The van der Waals surface area contributed by atoms with E-state index in [0.717, 1.165) is 12.8 Å². The van der Waals surface area contributed by atoms with Crippen molar-refractivity contribution < 1.29 is 14.3 Å². The number of ether oxygens (including phenoxy) is 1. The summed E-state index contributed by atoms with van der Waals surface area (Å²) in [6, 6.07) is 0. The van der Waals surface area contributed by atoms with Gasteiger partial charge in [-0.2, -0.15) is 0 Å². The standard InChI is InChI=1S/C15H21N3O3S/c1-9-6-18(7-10(2)21-9)13(19)5-12-8-22-15(16-12)17-14(20)11-3-4-11/h8-11H,3-7H2,1-2H3,(H,16,17,20)/t9-,10-/m1/s1. The van der Waals surface area contributed by atoms with Crippen LogP contribution < -0.4 is 5.32 Å². The fraction of sp³-hybridized carbons (Fsp3) is 0.667. The summed E-state index contributed by atoms with van der Waals surface area (Å²) in [6.45, 7) is 5.20. The quantitative estimate of drug-likeness (QED) is 0.915. The molecule has 2 fully saturated rings. The zero-order valence-electron chi connectivity index (χ0n) is 12.9. The lowest BCUT2D eigenvalue weighted by molar-refractivity contribution is -0.142. The van der Waals surface area contributed by atoms with Gasteiger partial charge in [-0.15, -0.1) is 11.3 Å². The van der Waals surface area contributed by atoms with Gasteiger partial charge >= 0.3 is 0 Å². The SMILES string of the molecule is C[C@@H]1CN(C(=O)Cc2csc(NC(=O)C3CC3)n2)C[C@@H](C)O1. The monoisotopic (exact) mass is 323 g/mol. The summed E-state index contributed by atoms with van der Waals surface area (Å²) in [6.07, 6.45) is 2.34. The zero-order chi connectivity index (χ0) is 15.7. The molecule has 1 aromatic rings. The van der Waals surface area contributed by atoms with E-state index in [1.165, 1.54) is 11.3 Å². The highest BCUT2D eigenvalue weighted by atomic mass is 32.1. The normalized spacial score (nSPS) is 25.1. The minimum atomic E-state index is 0.0445. The molecule has 6 nitrogen and oxygen atoms in total. The molecule has 0 aromatic carbocycles. The number of carbonyl (C=O) groups is 2. The van der Waals surface area contributed by atoms with Gasteiger partial charge in [-0.1, -0.05) is 0 Å². The van der Waals surface area contributed by atoms with Gasteiger partial charge in [0.1, 0.15) is 0 Å². The smallest absolute Gasteiger partial charge is 0.229 e. The first kappa shape index (κ1) is 15.4. The molecule has 22 heavy (non-hydrogen) atoms.